The van der Waals surface area contributed by atoms with Gasteiger partial charge in [-0.15, -0.1) is 0 Å². The molecule has 4 heterocycles. The molecule has 10 nitrogen and oxygen atoms in total. The van der Waals surface area contributed by atoms with E-state index in [0.29, 0.717) is 29.0 Å². The van der Waals surface area contributed by atoms with Crippen LogP contribution in [0.4, 0.5) is 5.69 Å². The largest absolute Gasteiger partial charge is 0.385 e. The molecule has 10 heteroatoms. The van der Waals surface area contributed by atoms with Crippen molar-refractivity contribution < 1.29 is 19.2 Å². The Balaban J connectivity index is 0.953. The Kier molecular flexibility index (Phi) is 6.97. The fraction of sp³-hybridized carbons (Fsp3) is 0.552. The molecule has 1 unspecified atom stereocenters. The lowest BCUT2D eigenvalue weighted by Crippen LogP contribution is -2.54. The quantitative estimate of drug-likeness (QED) is 0.397. The van der Waals surface area contributed by atoms with Crippen LogP contribution in [0, 0.1) is 5.92 Å². The van der Waals surface area contributed by atoms with Crippen molar-refractivity contribution in [3.05, 3.63) is 47.3 Å². The predicted molar refractivity (Wildman–Crippen MR) is 144 cm³/mol. The molecule has 2 saturated heterocycles. The minimum Gasteiger partial charge on any atom is -0.385 e. The molecular formula is C29H36N6O4. The number of anilines is 1. The van der Waals surface area contributed by atoms with Crippen LogP contribution in [0.15, 0.2) is 30.6 Å². The molecule has 2 N–H and O–H groups in total. The van der Waals surface area contributed by atoms with Gasteiger partial charge >= 0.3 is 0 Å². The first-order valence-corrected chi connectivity index (χ1v) is 14.2. The van der Waals surface area contributed by atoms with Crippen LogP contribution in [0.5, 0.6) is 0 Å². The SMILES string of the molecule is CN1CCC(c2cnn([C@H]3C[C@H](CCCNc4ccc5c(c4)C(=O)N(C4CCC(=O)NC4=O)C5=O)C3)c2)CC1. The topological polar surface area (TPSA) is 117 Å². The number of rotatable bonds is 8. The Morgan fingerprint density at radius 3 is 2.56 bits per heavy atom. The molecule has 1 aromatic carbocycles. The number of amides is 4. The van der Waals surface area contributed by atoms with Gasteiger partial charge < -0.3 is 10.2 Å². The number of nitrogens with one attached hydrogen (secondary N) is 2. The molecule has 206 valence electrons. The number of piperidine rings is 2. The van der Waals surface area contributed by atoms with Crippen molar-refractivity contribution in [2.24, 2.45) is 5.92 Å². The Labute approximate surface area is 228 Å². The minimum atomic E-state index is -0.944. The molecule has 6 rings (SSSR count). The van der Waals surface area contributed by atoms with Crippen molar-refractivity contribution in [2.75, 3.05) is 32.0 Å². The standard InChI is InChI=1S/C29H36N6O4/c1-33-11-8-19(9-12-33)20-16-31-34(17-20)22-13-18(14-22)3-2-10-30-21-4-5-23-24(15-21)29(39)35(28(23)38)25-6-7-26(36)32-27(25)37/h4-5,15-19,22,25,30H,2-3,6-14H2,1H3,(H,32,36,37)/t18-,22-,25?. The zero-order chi connectivity index (χ0) is 27.1. The third-order valence-corrected chi connectivity index (χ3v) is 8.95. The van der Waals surface area contributed by atoms with Gasteiger partial charge in [-0.1, -0.05) is 0 Å². The van der Waals surface area contributed by atoms with E-state index in [-0.39, 0.29) is 18.7 Å². The Bertz CT molecular complexity index is 1290. The van der Waals surface area contributed by atoms with E-state index in [0.717, 1.165) is 43.1 Å². The highest BCUT2D eigenvalue weighted by Gasteiger charge is 2.44. The summed E-state index contributed by atoms with van der Waals surface area (Å²) in [7, 11) is 2.19. The second-order valence-electron chi connectivity index (χ2n) is 11.6. The first-order chi connectivity index (χ1) is 18.9. The van der Waals surface area contributed by atoms with Crippen molar-refractivity contribution in [3.63, 3.8) is 0 Å². The lowest BCUT2D eigenvalue weighted by Gasteiger charge is -2.35. The van der Waals surface area contributed by atoms with Gasteiger partial charge in [0.2, 0.25) is 11.8 Å². The molecule has 1 aliphatic carbocycles. The maximum atomic E-state index is 13.0. The van der Waals surface area contributed by atoms with Crippen LogP contribution >= 0.6 is 0 Å². The molecule has 1 saturated carbocycles. The molecule has 4 aliphatic rings. The molecular weight excluding hydrogens is 496 g/mol. The van der Waals surface area contributed by atoms with Crippen LogP contribution in [0.3, 0.4) is 0 Å². The summed E-state index contributed by atoms with van der Waals surface area (Å²) in [5, 5.41) is 10.3. The van der Waals surface area contributed by atoms with Gasteiger partial charge in [-0.3, -0.25) is 34.1 Å². The Morgan fingerprint density at radius 2 is 1.79 bits per heavy atom. The van der Waals surface area contributed by atoms with E-state index in [1.165, 1.54) is 31.2 Å². The van der Waals surface area contributed by atoms with E-state index in [4.69, 9.17) is 0 Å². The van der Waals surface area contributed by atoms with Crippen molar-refractivity contribution in [1.29, 1.82) is 0 Å². The van der Waals surface area contributed by atoms with Crippen molar-refractivity contribution in [2.45, 2.75) is 69.4 Å². The maximum Gasteiger partial charge on any atom is 0.262 e. The average molecular weight is 533 g/mol. The van der Waals surface area contributed by atoms with E-state index in [1.807, 2.05) is 0 Å². The van der Waals surface area contributed by atoms with Gasteiger partial charge in [0.25, 0.3) is 11.8 Å². The lowest BCUT2D eigenvalue weighted by atomic mass is 9.77. The van der Waals surface area contributed by atoms with Crippen molar-refractivity contribution in [1.82, 2.24) is 24.9 Å². The lowest BCUT2D eigenvalue weighted by molar-refractivity contribution is -0.136. The van der Waals surface area contributed by atoms with Crippen LogP contribution in [0.1, 0.15) is 89.6 Å². The molecule has 3 fully saturated rings. The van der Waals surface area contributed by atoms with Gasteiger partial charge in [-0.2, -0.15) is 5.10 Å². The Hall–Kier alpha value is -3.53. The predicted octanol–water partition coefficient (Wildman–Crippen LogP) is 2.94. The summed E-state index contributed by atoms with van der Waals surface area (Å²) in [6.07, 6.45) is 11.5. The third kappa shape index (κ3) is 5.09. The number of carbonyl (C=O) groups excluding carboxylic acids is 4. The van der Waals surface area contributed by atoms with E-state index in [9.17, 15) is 19.2 Å². The number of nitrogens with zero attached hydrogens (tertiary/aromatic N) is 4. The molecule has 2 aromatic rings. The zero-order valence-electron chi connectivity index (χ0n) is 22.4. The van der Waals surface area contributed by atoms with Crippen LogP contribution in [-0.4, -0.2) is 75.9 Å². The Morgan fingerprint density at radius 1 is 1.03 bits per heavy atom. The van der Waals surface area contributed by atoms with Crippen LogP contribution in [-0.2, 0) is 9.59 Å². The molecule has 0 spiro atoms. The number of likely N-dealkylation sites (tertiary alicyclic amines) is 1. The summed E-state index contributed by atoms with van der Waals surface area (Å²) in [6.45, 7) is 3.10. The maximum absolute atomic E-state index is 13.0. The summed E-state index contributed by atoms with van der Waals surface area (Å²) >= 11 is 0. The molecule has 1 atom stereocenters. The molecule has 39 heavy (non-hydrogen) atoms. The highest BCUT2D eigenvalue weighted by Crippen LogP contribution is 2.41. The number of carbonyl (C=O) groups is 4. The first kappa shape index (κ1) is 25.7. The van der Waals surface area contributed by atoms with E-state index in [1.54, 1.807) is 18.2 Å². The van der Waals surface area contributed by atoms with E-state index >= 15 is 0 Å². The second kappa shape index (κ2) is 10.6. The number of fused-ring (bicyclic) bond motifs is 1. The smallest absolute Gasteiger partial charge is 0.262 e. The van der Waals surface area contributed by atoms with Gasteiger partial charge in [-0.05, 0) is 101 Å². The molecule has 4 amide bonds. The highest BCUT2D eigenvalue weighted by atomic mass is 16.2. The number of benzene rings is 1. The van der Waals surface area contributed by atoms with Gasteiger partial charge in [0.05, 0.1) is 23.4 Å². The van der Waals surface area contributed by atoms with E-state index < -0.39 is 23.8 Å². The second-order valence-corrected chi connectivity index (χ2v) is 11.6. The monoisotopic (exact) mass is 532 g/mol. The fourth-order valence-corrected chi connectivity index (χ4v) is 6.46. The highest BCUT2D eigenvalue weighted by molar-refractivity contribution is 6.23. The van der Waals surface area contributed by atoms with Gasteiger partial charge in [0.1, 0.15) is 6.04 Å². The van der Waals surface area contributed by atoms with Gasteiger partial charge in [-0.25, -0.2) is 0 Å². The van der Waals surface area contributed by atoms with Crippen LogP contribution in [0.2, 0.25) is 0 Å². The summed E-state index contributed by atoms with van der Waals surface area (Å²) in [6, 6.07) is 4.71. The minimum absolute atomic E-state index is 0.111. The molecule has 0 radical (unpaired) electrons. The number of aromatic nitrogens is 2. The molecule has 0 bridgehead atoms. The zero-order valence-corrected chi connectivity index (χ0v) is 22.4. The average Bonchev–Trinajstić information content (AvgIpc) is 3.47. The summed E-state index contributed by atoms with van der Waals surface area (Å²) < 4.78 is 2.18. The van der Waals surface area contributed by atoms with Gasteiger partial charge in [0.15, 0.2) is 0 Å². The summed E-state index contributed by atoms with van der Waals surface area (Å²) in [4.78, 5) is 53.0. The number of hydrogen-bond donors (Lipinski definition) is 2. The van der Waals surface area contributed by atoms with E-state index in [2.05, 4.69) is 44.8 Å². The third-order valence-electron chi connectivity index (χ3n) is 8.95. The van der Waals surface area contributed by atoms with Crippen LogP contribution in [0.25, 0.3) is 0 Å². The normalized spacial score (nSPS) is 26.0. The van der Waals surface area contributed by atoms with Crippen LogP contribution < -0.4 is 10.6 Å². The molecule has 3 aliphatic heterocycles. The van der Waals surface area contributed by atoms with Crippen molar-refractivity contribution in [3.8, 4) is 0 Å². The number of imide groups is 2. The first-order valence-electron chi connectivity index (χ1n) is 14.2. The summed E-state index contributed by atoms with van der Waals surface area (Å²) in [5.41, 5.74) is 2.78. The van der Waals surface area contributed by atoms with Gasteiger partial charge in [0, 0.05) is 24.8 Å². The molecule has 1 aromatic heterocycles. The number of hydrogen-bond acceptors (Lipinski definition) is 7. The fourth-order valence-electron chi connectivity index (χ4n) is 6.46. The van der Waals surface area contributed by atoms with Crippen molar-refractivity contribution >= 4 is 29.3 Å². The summed E-state index contributed by atoms with van der Waals surface area (Å²) in [5.74, 6) is -0.588.